The molecule has 2 aromatic rings. The molecule has 0 saturated carbocycles. The smallest absolute Gasteiger partial charge is 0.137 e. The molecule has 0 aliphatic heterocycles. The maximum absolute atomic E-state index is 6.10. The number of ether oxygens (including phenoxy) is 1. The summed E-state index contributed by atoms with van der Waals surface area (Å²) in [4.78, 5) is 7.63. The van der Waals surface area contributed by atoms with Gasteiger partial charge in [0.05, 0.1) is 12.1 Å². The predicted octanol–water partition coefficient (Wildman–Crippen LogP) is 3.00. The van der Waals surface area contributed by atoms with E-state index in [0.29, 0.717) is 23.7 Å². The summed E-state index contributed by atoms with van der Waals surface area (Å²) in [7, 11) is 1.59. The number of benzene rings is 1. The van der Waals surface area contributed by atoms with E-state index < -0.39 is 0 Å². The summed E-state index contributed by atoms with van der Waals surface area (Å²) in [5, 5.41) is 0.560. The van der Waals surface area contributed by atoms with Gasteiger partial charge in [0.1, 0.15) is 21.9 Å². The third-order valence-electron chi connectivity index (χ3n) is 2.52. The van der Waals surface area contributed by atoms with Gasteiger partial charge in [-0.25, -0.2) is 4.98 Å². The van der Waals surface area contributed by atoms with E-state index >= 15 is 0 Å². The zero-order valence-electron chi connectivity index (χ0n) is 9.84. The molecule has 0 unspecified atom stereocenters. The summed E-state index contributed by atoms with van der Waals surface area (Å²) in [6.07, 6.45) is 0.711. The fourth-order valence-corrected chi connectivity index (χ4v) is 2.46. The van der Waals surface area contributed by atoms with Gasteiger partial charge >= 0.3 is 0 Å². The van der Waals surface area contributed by atoms with Crippen LogP contribution in [0.4, 0.5) is 0 Å². The fourth-order valence-electron chi connectivity index (χ4n) is 1.66. The van der Waals surface area contributed by atoms with E-state index in [1.807, 2.05) is 18.2 Å². The summed E-state index contributed by atoms with van der Waals surface area (Å²) < 4.78 is 5.95. The molecule has 0 radical (unpaired) electrons. The highest BCUT2D eigenvalue weighted by molar-refractivity contribution is 9.10. The Bertz CT molecular complexity index is 556. The number of nitrogens with two attached hydrogens (primary N) is 1. The molecule has 4 nitrogen and oxygen atoms in total. The van der Waals surface area contributed by atoms with Crippen molar-refractivity contribution in [3.63, 3.8) is 0 Å². The van der Waals surface area contributed by atoms with E-state index in [9.17, 15) is 0 Å². The van der Waals surface area contributed by atoms with Gasteiger partial charge in [0.15, 0.2) is 0 Å². The standard InChI is InChI=1S/C12H13BrClN3O/c1-18-9-3-2-7(6-8(9)14)11-12(13)17-10(16-11)4-5-15/h2-3,6H,4-5,15H2,1H3,(H,16,17). The van der Waals surface area contributed by atoms with Crippen molar-refractivity contribution in [2.24, 2.45) is 5.73 Å². The minimum absolute atomic E-state index is 0.558. The molecule has 0 saturated heterocycles. The lowest BCUT2D eigenvalue weighted by Crippen LogP contribution is -2.03. The maximum atomic E-state index is 6.10. The number of rotatable bonds is 4. The monoisotopic (exact) mass is 329 g/mol. The maximum Gasteiger partial charge on any atom is 0.137 e. The molecule has 96 valence electrons. The van der Waals surface area contributed by atoms with Crippen LogP contribution < -0.4 is 10.5 Å². The molecular formula is C12H13BrClN3O. The highest BCUT2D eigenvalue weighted by atomic mass is 79.9. The normalized spacial score (nSPS) is 10.7. The van der Waals surface area contributed by atoms with E-state index in [-0.39, 0.29) is 0 Å². The Balaban J connectivity index is 2.39. The molecule has 0 spiro atoms. The summed E-state index contributed by atoms with van der Waals surface area (Å²) in [6, 6.07) is 5.56. The Morgan fingerprint density at radius 2 is 2.28 bits per heavy atom. The van der Waals surface area contributed by atoms with Crippen molar-refractivity contribution in [2.45, 2.75) is 6.42 Å². The molecule has 18 heavy (non-hydrogen) atoms. The number of aromatic amines is 1. The summed E-state index contributed by atoms with van der Waals surface area (Å²) >= 11 is 9.55. The first-order valence-electron chi connectivity index (χ1n) is 5.44. The number of methoxy groups -OCH3 is 1. The van der Waals surface area contributed by atoms with Crippen molar-refractivity contribution >= 4 is 27.5 Å². The minimum atomic E-state index is 0.558. The van der Waals surface area contributed by atoms with Crippen molar-refractivity contribution in [1.82, 2.24) is 9.97 Å². The number of nitrogens with one attached hydrogen (secondary N) is 1. The van der Waals surface area contributed by atoms with Gasteiger partial charge < -0.3 is 15.5 Å². The number of imidazole rings is 1. The van der Waals surface area contributed by atoms with Crippen LogP contribution in [0.15, 0.2) is 22.8 Å². The zero-order chi connectivity index (χ0) is 13.1. The topological polar surface area (TPSA) is 63.9 Å². The van der Waals surface area contributed by atoms with Crippen LogP contribution in [-0.4, -0.2) is 23.6 Å². The molecule has 0 bridgehead atoms. The van der Waals surface area contributed by atoms with Gasteiger partial charge in [0.2, 0.25) is 0 Å². The van der Waals surface area contributed by atoms with Crippen LogP contribution in [0.2, 0.25) is 5.02 Å². The van der Waals surface area contributed by atoms with Gasteiger partial charge in [0, 0.05) is 12.0 Å². The lowest BCUT2D eigenvalue weighted by atomic mass is 10.1. The third-order valence-corrected chi connectivity index (χ3v) is 3.38. The van der Waals surface area contributed by atoms with Gasteiger partial charge in [-0.05, 0) is 40.7 Å². The Kier molecular flexibility index (Phi) is 4.27. The van der Waals surface area contributed by atoms with E-state index in [4.69, 9.17) is 22.1 Å². The Hall–Kier alpha value is -1.04. The summed E-state index contributed by atoms with van der Waals surface area (Å²) in [6.45, 7) is 0.558. The lowest BCUT2D eigenvalue weighted by Gasteiger charge is -2.04. The van der Waals surface area contributed by atoms with Gasteiger partial charge in [-0.1, -0.05) is 11.6 Å². The predicted molar refractivity (Wildman–Crippen MR) is 76.0 cm³/mol. The van der Waals surface area contributed by atoms with E-state index in [1.54, 1.807) is 7.11 Å². The number of nitrogens with zero attached hydrogens (tertiary/aromatic N) is 1. The van der Waals surface area contributed by atoms with Crippen molar-refractivity contribution in [3.05, 3.63) is 33.6 Å². The van der Waals surface area contributed by atoms with Gasteiger partial charge in [0.25, 0.3) is 0 Å². The number of hydrogen-bond acceptors (Lipinski definition) is 3. The molecule has 6 heteroatoms. The van der Waals surface area contributed by atoms with Gasteiger partial charge in [-0.15, -0.1) is 0 Å². The molecule has 1 heterocycles. The molecule has 0 aliphatic carbocycles. The fraction of sp³-hybridized carbons (Fsp3) is 0.250. The Labute approximate surface area is 119 Å². The molecular weight excluding hydrogens is 318 g/mol. The van der Waals surface area contributed by atoms with Gasteiger partial charge in [-0.3, -0.25) is 0 Å². The van der Waals surface area contributed by atoms with Crippen LogP contribution in [0.5, 0.6) is 5.75 Å². The van der Waals surface area contributed by atoms with Crippen LogP contribution in [0.25, 0.3) is 11.3 Å². The number of hydrogen-bond donors (Lipinski definition) is 2. The first kappa shape index (κ1) is 13.4. The Morgan fingerprint density at radius 1 is 1.50 bits per heavy atom. The second-order valence-electron chi connectivity index (χ2n) is 3.73. The van der Waals surface area contributed by atoms with Crippen molar-refractivity contribution < 1.29 is 4.74 Å². The molecule has 0 aliphatic rings. The van der Waals surface area contributed by atoms with Crippen LogP contribution in [-0.2, 0) is 6.42 Å². The summed E-state index contributed by atoms with van der Waals surface area (Å²) in [5.74, 6) is 1.50. The Morgan fingerprint density at radius 3 is 2.89 bits per heavy atom. The van der Waals surface area contributed by atoms with Crippen LogP contribution in [0.3, 0.4) is 0 Å². The highest BCUT2D eigenvalue weighted by Crippen LogP contribution is 2.32. The van der Waals surface area contributed by atoms with E-state index in [1.165, 1.54) is 0 Å². The van der Waals surface area contributed by atoms with Crippen LogP contribution in [0, 0.1) is 0 Å². The third kappa shape index (κ3) is 2.68. The summed E-state index contributed by atoms with van der Waals surface area (Å²) in [5.41, 5.74) is 7.25. The van der Waals surface area contributed by atoms with E-state index in [2.05, 4.69) is 25.9 Å². The van der Waals surface area contributed by atoms with Crippen molar-refractivity contribution in [1.29, 1.82) is 0 Å². The largest absolute Gasteiger partial charge is 0.495 e. The molecule has 0 fully saturated rings. The second kappa shape index (κ2) is 5.73. The van der Waals surface area contributed by atoms with Crippen molar-refractivity contribution in [2.75, 3.05) is 13.7 Å². The SMILES string of the molecule is COc1ccc(-c2nc(CCN)[nH]c2Br)cc1Cl. The van der Waals surface area contributed by atoms with Crippen LogP contribution in [0.1, 0.15) is 5.82 Å². The number of halogens is 2. The van der Waals surface area contributed by atoms with Gasteiger partial charge in [-0.2, -0.15) is 0 Å². The molecule has 1 aromatic heterocycles. The molecule has 1 aromatic carbocycles. The molecule has 3 N–H and O–H groups in total. The number of aromatic nitrogens is 2. The number of H-pyrrole nitrogens is 1. The average molecular weight is 331 g/mol. The minimum Gasteiger partial charge on any atom is -0.495 e. The molecule has 2 rings (SSSR count). The highest BCUT2D eigenvalue weighted by Gasteiger charge is 2.11. The van der Waals surface area contributed by atoms with Crippen molar-refractivity contribution in [3.8, 4) is 17.0 Å². The average Bonchev–Trinajstić information content (AvgIpc) is 2.71. The first-order valence-corrected chi connectivity index (χ1v) is 6.61. The quantitative estimate of drug-likeness (QED) is 0.906. The zero-order valence-corrected chi connectivity index (χ0v) is 12.2. The first-order chi connectivity index (χ1) is 8.65. The lowest BCUT2D eigenvalue weighted by molar-refractivity contribution is 0.415. The van der Waals surface area contributed by atoms with Crippen LogP contribution >= 0.6 is 27.5 Å². The molecule has 0 atom stereocenters. The second-order valence-corrected chi connectivity index (χ2v) is 4.93. The van der Waals surface area contributed by atoms with E-state index in [0.717, 1.165) is 21.7 Å². The molecule has 0 amide bonds.